The number of carbonyl (C=O) groups is 1. The van der Waals surface area contributed by atoms with Crippen LogP contribution in [0.25, 0.3) is 0 Å². The van der Waals surface area contributed by atoms with Crippen molar-refractivity contribution >= 4 is 11.5 Å². The lowest BCUT2D eigenvalue weighted by Crippen LogP contribution is -2.49. The van der Waals surface area contributed by atoms with Crippen LogP contribution < -0.4 is 14.4 Å². The molecule has 4 unspecified atom stereocenters. The number of anilines is 1. The van der Waals surface area contributed by atoms with Crippen molar-refractivity contribution in [2.24, 2.45) is 0 Å². The van der Waals surface area contributed by atoms with Gasteiger partial charge in [-0.25, -0.2) is 17.6 Å². The summed E-state index contributed by atoms with van der Waals surface area (Å²) >= 11 is 0. The van der Waals surface area contributed by atoms with Gasteiger partial charge in [-0.3, -0.25) is 4.79 Å². The topological polar surface area (TPSA) is 38.8 Å². The van der Waals surface area contributed by atoms with E-state index in [1.54, 1.807) is 0 Å². The van der Waals surface area contributed by atoms with Crippen molar-refractivity contribution < 1.29 is 45.0 Å². The van der Waals surface area contributed by atoms with Gasteiger partial charge in [0.2, 0.25) is 6.30 Å². The first-order valence-corrected chi connectivity index (χ1v) is 9.99. The summed E-state index contributed by atoms with van der Waals surface area (Å²) in [7, 11) is 1.27. The van der Waals surface area contributed by atoms with Crippen molar-refractivity contribution in [1.29, 1.82) is 0 Å². The van der Waals surface area contributed by atoms with E-state index in [0.717, 1.165) is 17.0 Å². The largest absolute Gasteiger partial charge is 0.573 e. The number of alkyl halides is 6. The van der Waals surface area contributed by atoms with Gasteiger partial charge >= 0.3 is 6.36 Å². The van der Waals surface area contributed by atoms with Crippen LogP contribution in [-0.4, -0.2) is 44.4 Å². The minimum Gasteiger partial charge on any atom is -0.495 e. The van der Waals surface area contributed by atoms with E-state index in [4.69, 9.17) is 4.74 Å². The summed E-state index contributed by atoms with van der Waals surface area (Å²) in [5, 5.41) is 0. The van der Waals surface area contributed by atoms with E-state index in [9.17, 15) is 35.5 Å². The van der Waals surface area contributed by atoms with Crippen molar-refractivity contribution in [3.8, 4) is 11.5 Å². The van der Waals surface area contributed by atoms with Crippen LogP contribution in [0, 0.1) is 5.82 Å². The van der Waals surface area contributed by atoms with Crippen LogP contribution in [0.5, 0.6) is 11.5 Å². The molecule has 2 aromatic carbocycles. The molecule has 0 saturated carbocycles. The van der Waals surface area contributed by atoms with Crippen LogP contribution >= 0.6 is 0 Å². The van der Waals surface area contributed by atoms with Crippen molar-refractivity contribution in [3.63, 3.8) is 0 Å². The molecule has 1 aliphatic heterocycles. The van der Waals surface area contributed by atoms with E-state index in [2.05, 4.69) is 4.74 Å². The van der Waals surface area contributed by atoms with Gasteiger partial charge in [0.25, 0.3) is 0 Å². The maximum Gasteiger partial charge on any atom is 0.573 e. The Morgan fingerprint density at radius 2 is 1.82 bits per heavy atom. The predicted molar refractivity (Wildman–Crippen MR) is 104 cm³/mol. The highest BCUT2D eigenvalue weighted by Crippen LogP contribution is 2.43. The monoisotopic (exact) mass is 477 g/mol. The molecule has 0 N–H and O–H groups in total. The Morgan fingerprint density at radius 3 is 2.45 bits per heavy atom. The van der Waals surface area contributed by atoms with Gasteiger partial charge in [-0.15, -0.1) is 13.2 Å². The Bertz CT molecular complexity index is 1070. The van der Waals surface area contributed by atoms with E-state index < -0.39 is 48.3 Å². The maximum absolute atomic E-state index is 14.6. The first-order valence-electron chi connectivity index (χ1n) is 9.99. The van der Waals surface area contributed by atoms with E-state index in [1.165, 1.54) is 19.2 Å². The van der Waals surface area contributed by atoms with Gasteiger partial charge in [0.1, 0.15) is 23.5 Å². The molecule has 0 aromatic heterocycles. The van der Waals surface area contributed by atoms with Gasteiger partial charge in [-0.05, 0) is 42.2 Å². The molecule has 178 valence electrons. The maximum atomic E-state index is 14.6. The average molecular weight is 477 g/mol. The summed E-state index contributed by atoms with van der Waals surface area (Å²) < 4.78 is 103. The number of nitrogens with zero attached hydrogens (tertiary/aromatic N) is 1. The fourth-order valence-corrected chi connectivity index (χ4v) is 4.28. The van der Waals surface area contributed by atoms with Crippen LogP contribution in [0.15, 0.2) is 30.3 Å². The first-order chi connectivity index (χ1) is 15.5. The van der Waals surface area contributed by atoms with Crippen LogP contribution in [0.3, 0.4) is 0 Å². The van der Waals surface area contributed by atoms with Gasteiger partial charge in [-0.1, -0.05) is 6.07 Å². The fourth-order valence-electron chi connectivity index (χ4n) is 4.28. The molecular formula is C22H18F7NO3. The molecule has 2 aromatic rings. The van der Waals surface area contributed by atoms with Crippen LogP contribution in [-0.2, 0) is 6.42 Å². The lowest BCUT2D eigenvalue weighted by molar-refractivity contribution is -0.274. The second-order valence-electron chi connectivity index (χ2n) is 7.85. The molecular weight excluding hydrogens is 459 g/mol. The highest BCUT2D eigenvalue weighted by molar-refractivity contribution is 6.06. The summed E-state index contributed by atoms with van der Waals surface area (Å²) in [5.74, 6) is -3.29. The summed E-state index contributed by atoms with van der Waals surface area (Å²) in [5.41, 5.74) is 0.571. The lowest BCUT2D eigenvalue weighted by atomic mass is 9.94. The third-order valence-corrected chi connectivity index (χ3v) is 5.85. The average Bonchev–Trinajstić information content (AvgIpc) is 3.05. The predicted octanol–water partition coefficient (Wildman–Crippen LogP) is 5.44. The molecule has 0 radical (unpaired) electrons. The Kier molecular flexibility index (Phi) is 5.92. The number of halogens is 7. The molecule has 0 bridgehead atoms. The summed E-state index contributed by atoms with van der Waals surface area (Å²) in [4.78, 5) is 14.0. The summed E-state index contributed by atoms with van der Waals surface area (Å²) in [6.07, 6.45) is -11.8. The van der Waals surface area contributed by atoms with Crippen LogP contribution in [0.1, 0.15) is 33.8 Å². The number of ether oxygens (including phenoxy) is 2. The van der Waals surface area contributed by atoms with Gasteiger partial charge < -0.3 is 14.4 Å². The van der Waals surface area contributed by atoms with Gasteiger partial charge in [0, 0.05) is 18.2 Å². The molecule has 1 heterocycles. The van der Waals surface area contributed by atoms with Crippen molar-refractivity contribution in [2.45, 2.75) is 43.8 Å². The Balaban J connectivity index is 1.65. The van der Waals surface area contributed by atoms with Crippen LogP contribution in [0.2, 0.25) is 0 Å². The molecule has 2 aliphatic rings. The smallest absolute Gasteiger partial charge is 0.495 e. The minimum absolute atomic E-state index is 0.0167. The number of Topliss-reactive ketones (excluding diaryl/α,β-unsaturated/α-hetero) is 1. The minimum atomic E-state index is -5.00. The zero-order chi connectivity index (χ0) is 24.1. The Hall–Kier alpha value is -2.98. The van der Waals surface area contributed by atoms with Crippen molar-refractivity contribution in [1.82, 2.24) is 0 Å². The standard InChI is InChI=1S/C22H18F7NO3/c1-32-18-9-13-10(7-17(18)30-5-4-15(23)19(25)21(30)26)6-14(20(13)31)12-3-2-11(8-16(12)24)33-22(27,28)29/h2-3,7-9,14-15,19,21H,4-6H2,1H3. The second kappa shape index (κ2) is 8.42. The Labute approximate surface area is 183 Å². The molecule has 1 fully saturated rings. The van der Waals surface area contributed by atoms with E-state index in [0.29, 0.717) is 11.6 Å². The fraction of sp³-hybridized carbons (Fsp3) is 0.409. The third kappa shape index (κ3) is 4.32. The first kappa shape index (κ1) is 23.2. The summed E-state index contributed by atoms with van der Waals surface area (Å²) in [6, 6.07) is 5.24. The molecule has 33 heavy (non-hydrogen) atoms. The molecule has 4 nitrogen and oxygen atoms in total. The van der Waals surface area contributed by atoms with Crippen molar-refractivity contribution in [2.75, 3.05) is 18.6 Å². The number of fused-ring (bicyclic) bond motifs is 1. The Morgan fingerprint density at radius 1 is 1.09 bits per heavy atom. The number of hydrogen-bond donors (Lipinski definition) is 0. The zero-order valence-electron chi connectivity index (χ0n) is 17.1. The summed E-state index contributed by atoms with van der Waals surface area (Å²) in [6.45, 7) is -0.120. The van der Waals surface area contributed by atoms with Crippen LogP contribution in [0.4, 0.5) is 36.4 Å². The highest BCUT2D eigenvalue weighted by Gasteiger charge is 2.42. The third-order valence-electron chi connectivity index (χ3n) is 5.85. The van der Waals surface area contributed by atoms with E-state index >= 15 is 0 Å². The van der Waals surface area contributed by atoms with Gasteiger partial charge in [0.15, 0.2) is 12.0 Å². The van der Waals surface area contributed by atoms with E-state index in [1.807, 2.05) is 0 Å². The number of hydrogen-bond acceptors (Lipinski definition) is 4. The lowest BCUT2D eigenvalue weighted by Gasteiger charge is -2.37. The molecule has 4 rings (SSSR count). The highest BCUT2D eigenvalue weighted by atomic mass is 19.4. The molecule has 0 spiro atoms. The number of piperidine rings is 1. The van der Waals surface area contributed by atoms with E-state index in [-0.39, 0.29) is 42.0 Å². The zero-order valence-corrected chi connectivity index (χ0v) is 17.1. The number of rotatable bonds is 4. The van der Waals surface area contributed by atoms with Gasteiger partial charge in [-0.2, -0.15) is 0 Å². The molecule has 1 saturated heterocycles. The number of carbonyl (C=O) groups excluding carboxylic acids is 1. The SMILES string of the molecule is COc1cc2c(cc1N1CCC(F)C(F)C1F)CC(c1ccc(OC(F)(F)F)cc1F)C2=O. The normalized spacial score (nSPS) is 25.2. The molecule has 1 aliphatic carbocycles. The molecule has 4 atom stereocenters. The second-order valence-corrected chi connectivity index (χ2v) is 7.85. The van der Waals surface area contributed by atoms with Crippen molar-refractivity contribution in [3.05, 3.63) is 52.8 Å². The molecule has 0 amide bonds. The van der Waals surface area contributed by atoms with Gasteiger partial charge in [0.05, 0.1) is 18.7 Å². The number of methoxy groups -OCH3 is 1. The molecule has 11 heteroatoms. The quantitative estimate of drug-likeness (QED) is 0.435. The number of benzene rings is 2. The number of ketones is 1.